The lowest BCUT2D eigenvalue weighted by atomic mass is 9.89. The SMILES string of the molecule is CCOC(=O)/C=C/c1ccc(C(C)(C)CC)s1. The molecule has 1 aromatic heterocycles. The highest BCUT2D eigenvalue weighted by atomic mass is 32.1. The molecule has 2 nitrogen and oxygen atoms in total. The van der Waals surface area contributed by atoms with Crippen molar-refractivity contribution in [1.29, 1.82) is 0 Å². The molecule has 94 valence electrons. The van der Waals surface area contributed by atoms with E-state index < -0.39 is 0 Å². The Morgan fingerprint density at radius 2 is 2.12 bits per heavy atom. The molecule has 0 unspecified atom stereocenters. The second-order valence-electron chi connectivity index (χ2n) is 4.52. The summed E-state index contributed by atoms with van der Waals surface area (Å²) < 4.78 is 4.84. The molecule has 0 atom stereocenters. The molecule has 3 heteroatoms. The predicted molar refractivity (Wildman–Crippen MR) is 73.3 cm³/mol. The zero-order valence-corrected chi connectivity index (χ0v) is 11.8. The molecule has 0 fully saturated rings. The van der Waals surface area contributed by atoms with E-state index in [1.165, 1.54) is 11.0 Å². The molecule has 0 radical (unpaired) electrons. The van der Waals surface area contributed by atoms with Crippen LogP contribution in [0.4, 0.5) is 0 Å². The maximum absolute atomic E-state index is 11.2. The first-order chi connectivity index (χ1) is 7.99. The third-order valence-corrected chi connectivity index (χ3v) is 4.26. The molecule has 1 rings (SSSR count). The van der Waals surface area contributed by atoms with E-state index in [0.29, 0.717) is 6.61 Å². The number of ether oxygens (including phenoxy) is 1. The van der Waals surface area contributed by atoms with Crippen molar-refractivity contribution < 1.29 is 9.53 Å². The van der Waals surface area contributed by atoms with Crippen LogP contribution >= 0.6 is 11.3 Å². The second kappa shape index (κ2) is 6.01. The fourth-order valence-electron chi connectivity index (χ4n) is 1.32. The van der Waals surface area contributed by atoms with Gasteiger partial charge in [0.1, 0.15) is 0 Å². The molecular weight excluding hydrogens is 232 g/mol. The van der Waals surface area contributed by atoms with Gasteiger partial charge in [-0.2, -0.15) is 0 Å². The lowest BCUT2D eigenvalue weighted by Crippen LogP contribution is -2.12. The van der Waals surface area contributed by atoms with Gasteiger partial charge in [-0.3, -0.25) is 0 Å². The number of esters is 1. The zero-order chi connectivity index (χ0) is 12.9. The maximum Gasteiger partial charge on any atom is 0.330 e. The molecule has 0 N–H and O–H groups in total. The first-order valence-corrected chi connectivity index (χ1v) is 6.76. The third kappa shape index (κ3) is 4.00. The average molecular weight is 252 g/mol. The Kier molecular flexibility index (Phi) is 4.94. The summed E-state index contributed by atoms with van der Waals surface area (Å²) in [6.07, 6.45) is 4.41. The molecule has 0 bridgehead atoms. The van der Waals surface area contributed by atoms with Crippen molar-refractivity contribution in [2.75, 3.05) is 6.61 Å². The number of carbonyl (C=O) groups is 1. The lowest BCUT2D eigenvalue weighted by molar-refractivity contribution is -0.137. The highest BCUT2D eigenvalue weighted by Gasteiger charge is 2.19. The summed E-state index contributed by atoms with van der Waals surface area (Å²) in [6, 6.07) is 4.19. The van der Waals surface area contributed by atoms with Crippen molar-refractivity contribution in [2.24, 2.45) is 0 Å². The smallest absolute Gasteiger partial charge is 0.330 e. The van der Waals surface area contributed by atoms with Gasteiger partial charge in [0.05, 0.1) is 6.61 Å². The molecule has 1 heterocycles. The second-order valence-corrected chi connectivity index (χ2v) is 5.64. The van der Waals surface area contributed by atoms with Crippen LogP contribution in [-0.2, 0) is 14.9 Å². The molecular formula is C14H20O2S. The predicted octanol–water partition coefficient (Wildman–Crippen LogP) is 4.01. The van der Waals surface area contributed by atoms with Gasteiger partial charge >= 0.3 is 5.97 Å². The number of carbonyl (C=O) groups excluding carboxylic acids is 1. The van der Waals surface area contributed by atoms with E-state index in [9.17, 15) is 4.79 Å². The van der Waals surface area contributed by atoms with Gasteiger partial charge in [0.15, 0.2) is 0 Å². The zero-order valence-electron chi connectivity index (χ0n) is 10.9. The summed E-state index contributed by atoms with van der Waals surface area (Å²) in [5.74, 6) is -0.280. The molecule has 0 amide bonds. The van der Waals surface area contributed by atoms with Crippen LogP contribution in [0, 0.1) is 0 Å². The Labute approximate surface area is 107 Å². The Hall–Kier alpha value is -1.09. The molecule has 1 aromatic rings. The Morgan fingerprint density at radius 1 is 1.41 bits per heavy atom. The van der Waals surface area contributed by atoms with Gasteiger partial charge < -0.3 is 4.74 Å². The van der Waals surface area contributed by atoms with Crippen LogP contribution in [0.3, 0.4) is 0 Å². The summed E-state index contributed by atoms with van der Waals surface area (Å²) in [5.41, 5.74) is 0.209. The summed E-state index contributed by atoms with van der Waals surface area (Å²) in [4.78, 5) is 13.6. The number of rotatable bonds is 5. The summed E-state index contributed by atoms with van der Waals surface area (Å²) in [7, 11) is 0. The average Bonchev–Trinajstić information content (AvgIpc) is 2.76. The van der Waals surface area contributed by atoms with Crippen LogP contribution in [0.15, 0.2) is 18.2 Å². The quantitative estimate of drug-likeness (QED) is 0.584. The fraction of sp³-hybridized carbons (Fsp3) is 0.500. The van der Waals surface area contributed by atoms with Crippen LogP contribution in [0.1, 0.15) is 43.9 Å². The lowest BCUT2D eigenvalue weighted by Gasteiger charge is -2.20. The van der Waals surface area contributed by atoms with Crippen LogP contribution in [0.5, 0.6) is 0 Å². The molecule has 0 spiro atoms. The van der Waals surface area contributed by atoms with E-state index in [1.807, 2.05) is 12.1 Å². The summed E-state index contributed by atoms with van der Waals surface area (Å²) in [6.45, 7) is 8.88. The van der Waals surface area contributed by atoms with E-state index in [2.05, 4.69) is 26.8 Å². The van der Waals surface area contributed by atoms with Gasteiger partial charge in [-0.25, -0.2) is 4.79 Å². The molecule has 0 saturated heterocycles. The Balaban J connectivity index is 2.72. The van der Waals surface area contributed by atoms with E-state index in [1.54, 1.807) is 18.3 Å². The number of hydrogen-bond acceptors (Lipinski definition) is 3. The van der Waals surface area contributed by atoms with Crippen molar-refractivity contribution in [1.82, 2.24) is 0 Å². The largest absolute Gasteiger partial charge is 0.463 e. The van der Waals surface area contributed by atoms with Crippen molar-refractivity contribution in [3.63, 3.8) is 0 Å². The minimum absolute atomic E-state index is 0.209. The molecule has 0 aromatic carbocycles. The van der Waals surface area contributed by atoms with Crippen molar-refractivity contribution >= 4 is 23.4 Å². The highest BCUT2D eigenvalue weighted by Crippen LogP contribution is 2.32. The monoisotopic (exact) mass is 252 g/mol. The van der Waals surface area contributed by atoms with Gasteiger partial charge in [-0.05, 0) is 37.0 Å². The van der Waals surface area contributed by atoms with Crippen molar-refractivity contribution in [2.45, 2.75) is 39.5 Å². The van der Waals surface area contributed by atoms with E-state index in [-0.39, 0.29) is 11.4 Å². The minimum Gasteiger partial charge on any atom is -0.463 e. The van der Waals surface area contributed by atoms with Crippen LogP contribution < -0.4 is 0 Å². The highest BCUT2D eigenvalue weighted by molar-refractivity contribution is 7.13. The van der Waals surface area contributed by atoms with Gasteiger partial charge in [0, 0.05) is 15.8 Å². The molecule has 0 aliphatic heterocycles. The van der Waals surface area contributed by atoms with Crippen LogP contribution in [0.2, 0.25) is 0 Å². The Morgan fingerprint density at radius 3 is 2.71 bits per heavy atom. The topological polar surface area (TPSA) is 26.3 Å². The van der Waals surface area contributed by atoms with E-state index >= 15 is 0 Å². The van der Waals surface area contributed by atoms with Crippen molar-refractivity contribution in [3.8, 4) is 0 Å². The fourth-order valence-corrected chi connectivity index (χ4v) is 2.40. The summed E-state index contributed by atoms with van der Waals surface area (Å²) >= 11 is 1.73. The number of hydrogen-bond donors (Lipinski definition) is 0. The summed E-state index contributed by atoms with van der Waals surface area (Å²) in [5, 5.41) is 0. The van der Waals surface area contributed by atoms with Gasteiger partial charge in [0.25, 0.3) is 0 Å². The molecule has 17 heavy (non-hydrogen) atoms. The van der Waals surface area contributed by atoms with Crippen LogP contribution in [0.25, 0.3) is 6.08 Å². The maximum atomic E-state index is 11.2. The van der Waals surface area contributed by atoms with Gasteiger partial charge in [-0.1, -0.05) is 20.8 Å². The first-order valence-electron chi connectivity index (χ1n) is 5.94. The molecule has 0 aliphatic rings. The van der Waals surface area contributed by atoms with E-state index in [4.69, 9.17) is 4.74 Å². The molecule has 0 saturated carbocycles. The van der Waals surface area contributed by atoms with Crippen LogP contribution in [-0.4, -0.2) is 12.6 Å². The van der Waals surface area contributed by atoms with Gasteiger partial charge in [0.2, 0.25) is 0 Å². The van der Waals surface area contributed by atoms with Gasteiger partial charge in [-0.15, -0.1) is 11.3 Å². The first kappa shape index (κ1) is 14.0. The van der Waals surface area contributed by atoms with Crippen molar-refractivity contribution in [3.05, 3.63) is 28.0 Å². The Bertz CT molecular complexity index is 402. The molecule has 0 aliphatic carbocycles. The minimum atomic E-state index is -0.280. The normalized spacial score (nSPS) is 12.0. The van der Waals surface area contributed by atoms with E-state index in [0.717, 1.165) is 11.3 Å². The standard InChI is InChI=1S/C14H20O2S/c1-5-14(3,4)12-9-7-11(17-12)8-10-13(15)16-6-2/h7-10H,5-6H2,1-4H3/b10-8+. The number of thiophene rings is 1. The third-order valence-electron chi connectivity index (χ3n) is 2.85.